The van der Waals surface area contributed by atoms with Crippen molar-refractivity contribution in [3.8, 4) is 0 Å². The molecule has 0 spiro atoms. The minimum Gasteiger partial charge on any atom is -1.00 e. The summed E-state index contributed by atoms with van der Waals surface area (Å²) in [5.41, 5.74) is 0. The zero-order chi connectivity index (χ0) is 7.23. The molecule has 0 aromatic carbocycles. The first-order chi connectivity index (χ1) is 4.93. The zero-order valence-corrected chi connectivity index (χ0v) is 8.64. The molecule has 66 valence electrons. The summed E-state index contributed by atoms with van der Waals surface area (Å²) in [5, 5.41) is 0. The highest BCUT2D eigenvalue weighted by Gasteiger charge is 2.08. The lowest BCUT2D eigenvalue weighted by molar-refractivity contribution is -0.534. The zero-order valence-electron chi connectivity index (χ0n) is 7.05. The molecule has 1 aliphatic rings. The summed E-state index contributed by atoms with van der Waals surface area (Å²) < 4.78 is 7.30. The monoisotopic (exact) mass is 221 g/mol. The normalized spacial score (nSPS) is 17.4. The van der Waals surface area contributed by atoms with E-state index in [1.54, 1.807) is 7.11 Å². The third kappa shape index (κ3) is 4.53. The Kier molecular flexibility index (Phi) is 6.87. The molecular formula is C8H16BrNO. The first-order valence-electron chi connectivity index (χ1n) is 4.00. The van der Waals surface area contributed by atoms with Gasteiger partial charge in [0.25, 0.3) is 0 Å². The average molecular weight is 222 g/mol. The van der Waals surface area contributed by atoms with Crippen LogP contribution in [0.5, 0.6) is 0 Å². The lowest BCUT2D eigenvalue weighted by Crippen LogP contribution is -3.00. The van der Waals surface area contributed by atoms with Crippen LogP contribution in [0.25, 0.3) is 0 Å². The summed E-state index contributed by atoms with van der Waals surface area (Å²) in [7, 11) is 1.74. The van der Waals surface area contributed by atoms with Gasteiger partial charge in [0.2, 0.25) is 0 Å². The summed E-state index contributed by atoms with van der Waals surface area (Å²) in [6, 6.07) is 0. The van der Waals surface area contributed by atoms with Gasteiger partial charge in [-0.1, -0.05) is 0 Å². The van der Waals surface area contributed by atoms with E-state index < -0.39 is 0 Å². The third-order valence-electron chi connectivity index (χ3n) is 1.89. The highest BCUT2D eigenvalue weighted by Crippen LogP contribution is 2.02. The Bertz CT molecular complexity index is 117. The van der Waals surface area contributed by atoms with Crippen molar-refractivity contribution in [3.63, 3.8) is 0 Å². The summed E-state index contributed by atoms with van der Waals surface area (Å²) in [4.78, 5) is 0. The second-order valence-electron chi connectivity index (χ2n) is 2.73. The van der Waals surface area contributed by atoms with E-state index in [0.717, 1.165) is 6.61 Å². The van der Waals surface area contributed by atoms with Gasteiger partial charge < -0.3 is 21.7 Å². The Morgan fingerprint density at radius 3 is 2.45 bits per heavy atom. The Hall–Kier alpha value is 0.110. The van der Waals surface area contributed by atoms with Gasteiger partial charge >= 0.3 is 0 Å². The SMILES string of the molecule is COCC=[N+]1CCCCC1.[Br-]. The Morgan fingerprint density at radius 2 is 1.91 bits per heavy atom. The fourth-order valence-electron chi connectivity index (χ4n) is 1.28. The van der Waals surface area contributed by atoms with Crippen molar-refractivity contribution in [1.29, 1.82) is 0 Å². The van der Waals surface area contributed by atoms with E-state index >= 15 is 0 Å². The highest BCUT2D eigenvalue weighted by molar-refractivity contribution is 5.52. The lowest BCUT2D eigenvalue weighted by Gasteiger charge is -2.08. The van der Waals surface area contributed by atoms with Gasteiger partial charge in [0, 0.05) is 20.0 Å². The summed E-state index contributed by atoms with van der Waals surface area (Å²) in [6.07, 6.45) is 6.25. The van der Waals surface area contributed by atoms with Gasteiger partial charge in [-0.2, -0.15) is 0 Å². The summed E-state index contributed by atoms with van der Waals surface area (Å²) in [6.45, 7) is 3.22. The van der Waals surface area contributed by atoms with E-state index in [0.29, 0.717) is 0 Å². The number of piperidine rings is 1. The molecule has 0 saturated carbocycles. The number of rotatable bonds is 2. The molecular weight excluding hydrogens is 206 g/mol. The van der Waals surface area contributed by atoms with Crippen LogP contribution in [0.3, 0.4) is 0 Å². The maximum atomic E-state index is 4.95. The number of methoxy groups -OCH3 is 1. The average Bonchev–Trinajstić information content (AvgIpc) is 2.03. The molecule has 0 N–H and O–H groups in total. The molecule has 0 aliphatic carbocycles. The molecule has 0 unspecified atom stereocenters. The van der Waals surface area contributed by atoms with Gasteiger partial charge in [0.15, 0.2) is 6.21 Å². The first-order valence-corrected chi connectivity index (χ1v) is 4.00. The van der Waals surface area contributed by atoms with Crippen molar-refractivity contribution in [2.45, 2.75) is 19.3 Å². The fraction of sp³-hybridized carbons (Fsp3) is 0.875. The molecule has 0 radical (unpaired) electrons. The third-order valence-corrected chi connectivity index (χ3v) is 1.89. The molecule has 1 saturated heterocycles. The van der Waals surface area contributed by atoms with Crippen molar-refractivity contribution in [2.24, 2.45) is 0 Å². The van der Waals surface area contributed by atoms with Crippen molar-refractivity contribution in [1.82, 2.24) is 0 Å². The fourth-order valence-corrected chi connectivity index (χ4v) is 1.28. The van der Waals surface area contributed by atoms with Crippen LogP contribution in [0.1, 0.15) is 19.3 Å². The number of halogens is 1. The van der Waals surface area contributed by atoms with Crippen LogP contribution in [0.2, 0.25) is 0 Å². The topological polar surface area (TPSA) is 12.2 Å². The van der Waals surface area contributed by atoms with E-state index in [9.17, 15) is 0 Å². The molecule has 1 fully saturated rings. The minimum atomic E-state index is 0. The highest BCUT2D eigenvalue weighted by atomic mass is 79.9. The molecule has 11 heavy (non-hydrogen) atoms. The number of ether oxygens (including phenoxy) is 1. The van der Waals surface area contributed by atoms with Crippen LogP contribution >= 0.6 is 0 Å². The van der Waals surface area contributed by atoms with Crippen molar-refractivity contribution in [3.05, 3.63) is 0 Å². The number of hydrogen-bond acceptors (Lipinski definition) is 1. The van der Waals surface area contributed by atoms with E-state index in [-0.39, 0.29) is 17.0 Å². The predicted octanol–water partition coefficient (Wildman–Crippen LogP) is -2.10. The van der Waals surface area contributed by atoms with Gasteiger partial charge in [-0.15, -0.1) is 0 Å². The van der Waals surface area contributed by atoms with Crippen LogP contribution < -0.4 is 17.0 Å². The largest absolute Gasteiger partial charge is 1.00 e. The van der Waals surface area contributed by atoms with Crippen LogP contribution in [0.15, 0.2) is 0 Å². The quantitative estimate of drug-likeness (QED) is 0.488. The molecule has 1 rings (SSSR count). The Labute approximate surface area is 79.0 Å². The summed E-state index contributed by atoms with van der Waals surface area (Å²) >= 11 is 0. The molecule has 0 bridgehead atoms. The molecule has 0 aromatic rings. The smallest absolute Gasteiger partial charge is 0.165 e. The molecule has 2 nitrogen and oxygen atoms in total. The van der Waals surface area contributed by atoms with Crippen LogP contribution in [0.4, 0.5) is 0 Å². The second-order valence-corrected chi connectivity index (χ2v) is 2.73. The van der Waals surface area contributed by atoms with Crippen LogP contribution in [0, 0.1) is 0 Å². The Balaban J connectivity index is 0.000001000. The van der Waals surface area contributed by atoms with Gasteiger partial charge in [-0.25, -0.2) is 4.58 Å². The molecule has 0 aromatic heterocycles. The van der Waals surface area contributed by atoms with E-state index in [4.69, 9.17) is 4.74 Å². The van der Waals surface area contributed by atoms with E-state index in [1.807, 2.05) is 0 Å². The van der Waals surface area contributed by atoms with Crippen molar-refractivity contribution in [2.75, 3.05) is 26.8 Å². The van der Waals surface area contributed by atoms with Crippen molar-refractivity contribution < 1.29 is 26.3 Å². The van der Waals surface area contributed by atoms with Crippen LogP contribution in [-0.4, -0.2) is 37.6 Å². The molecule has 0 amide bonds. The maximum Gasteiger partial charge on any atom is 0.165 e. The van der Waals surface area contributed by atoms with Gasteiger partial charge in [-0.3, -0.25) is 0 Å². The van der Waals surface area contributed by atoms with Crippen LogP contribution in [-0.2, 0) is 4.74 Å². The minimum absolute atomic E-state index is 0. The Morgan fingerprint density at radius 1 is 1.27 bits per heavy atom. The predicted molar refractivity (Wildman–Crippen MR) is 41.8 cm³/mol. The summed E-state index contributed by atoms with van der Waals surface area (Å²) in [5.74, 6) is 0. The van der Waals surface area contributed by atoms with Gasteiger partial charge in [-0.05, 0) is 6.42 Å². The van der Waals surface area contributed by atoms with Crippen molar-refractivity contribution >= 4 is 6.21 Å². The number of nitrogens with zero attached hydrogens (tertiary/aromatic N) is 1. The second kappa shape index (κ2) is 6.80. The van der Waals surface area contributed by atoms with E-state index in [2.05, 4.69) is 10.8 Å². The standard InChI is InChI=1S/C8H16NO.BrH/c1-10-8-7-9-5-3-2-4-6-9;/h7H,2-6,8H2,1H3;1H/q+1;/p-1. The lowest BCUT2D eigenvalue weighted by atomic mass is 10.2. The van der Waals surface area contributed by atoms with Gasteiger partial charge in [0.1, 0.15) is 19.7 Å². The first kappa shape index (κ1) is 11.1. The van der Waals surface area contributed by atoms with Gasteiger partial charge in [0.05, 0.1) is 0 Å². The number of hydrogen-bond donors (Lipinski definition) is 0. The molecule has 1 aliphatic heterocycles. The maximum absolute atomic E-state index is 4.95. The molecule has 1 heterocycles. The van der Waals surface area contributed by atoms with E-state index in [1.165, 1.54) is 32.4 Å². The molecule has 0 atom stereocenters. The molecule has 3 heteroatoms.